The van der Waals surface area contributed by atoms with Crippen LogP contribution in [0, 0.1) is 12.8 Å². The van der Waals surface area contributed by atoms with Crippen LogP contribution in [0.4, 0.5) is 10.1 Å². The highest BCUT2D eigenvalue weighted by atomic mass is 19.1. The predicted molar refractivity (Wildman–Crippen MR) is 148 cm³/mol. The highest BCUT2D eigenvalue weighted by Gasteiger charge is 2.28. The van der Waals surface area contributed by atoms with Crippen LogP contribution in [0.2, 0.25) is 0 Å². The Kier molecular flexibility index (Phi) is 7.95. The monoisotopic (exact) mass is 528 g/mol. The maximum Gasteiger partial charge on any atom is 0.253 e. The Bertz CT molecular complexity index is 1490. The van der Waals surface area contributed by atoms with Gasteiger partial charge in [-0.1, -0.05) is 29.9 Å². The van der Waals surface area contributed by atoms with Crippen LogP contribution in [-0.4, -0.2) is 43.9 Å². The first-order chi connectivity index (χ1) is 18.9. The van der Waals surface area contributed by atoms with Crippen molar-refractivity contribution in [2.24, 2.45) is 5.92 Å². The van der Waals surface area contributed by atoms with E-state index in [-0.39, 0.29) is 23.8 Å². The number of alkyl halides is 1. The fraction of sp³-hybridized carbons (Fsp3) is 0.367. The molecule has 1 aliphatic carbocycles. The molecule has 4 aromatic rings. The molecule has 5 rings (SSSR count). The first-order valence-corrected chi connectivity index (χ1v) is 13.4. The van der Waals surface area contributed by atoms with Gasteiger partial charge in [-0.3, -0.25) is 9.18 Å². The van der Waals surface area contributed by atoms with E-state index in [1.165, 1.54) is 0 Å². The van der Waals surface area contributed by atoms with Crippen molar-refractivity contribution >= 4 is 17.2 Å². The van der Waals surface area contributed by atoms with Crippen LogP contribution in [0.1, 0.15) is 55.6 Å². The third-order valence-electron chi connectivity index (χ3n) is 7.01. The van der Waals surface area contributed by atoms with Crippen molar-refractivity contribution in [3.63, 3.8) is 0 Å². The number of anilines is 1. The second-order valence-corrected chi connectivity index (χ2v) is 10.1. The molecule has 1 atom stereocenters. The molecule has 3 aromatic heterocycles. The van der Waals surface area contributed by atoms with E-state index in [9.17, 15) is 9.18 Å². The van der Waals surface area contributed by atoms with E-state index in [4.69, 9.17) is 4.52 Å². The van der Waals surface area contributed by atoms with Crippen LogP contribution in [-0.2, 0) is 11.2 Å². The first-order valence-electron chi connectivity index (χ1n) is 13.4. The predicted octanol–water partition coefficient (Wildman–Crippen LogP) is 6.04. The number of benzene rings is 1. The summed E-state index contributed by atoms with van der Waals surface area (Å²) in [6.45, 7) is 9.50. The van der Waals surface area contributed by atoms with Crippen LogP contribution in [0.3, 0.4) is 0 Å². The molecule has 1 amide bonds. The number of rotatable bonds is 13. The molecule has 1 aliphatic rings. The molecule has 1 unspecified atom stereocenters. The zero-order valence-electron chi connectivity index (χ0n) is 22.2. The maximum absolute atomic E-state index is 13.4. The molecular formula is C30H33FN6O2. The van der Waals surface area contributed by atoms with E-state index in [0.29, 0.717) is 36.3 Å². The van der Waals surface area contributed by atoms with Gasteiger partial charge in [0, 0.05) is 48.3 Å². The lowest BCUT2D eigenvalue weighted by atomic mass is 9.99. The third kappa shape index (κ3) is 6.30. The summed E-state index contributed by atoms with van der Waals surface area (Å²) in [5.74, 6) is 2.34. The number of halogens is 1. The van der Waals surface area contributed by atoms with E-state index in [1.807, 2.05) is 55.6 Å². The van der Waals surface area contributed by atoms with Crippen molar-refractivity contribution in [3.05, 3.63) is 84.9 Å². The highest BCUT2D eigenvalue weighted by Crippen LogP contribution is 2.38. The number of nitrogens with zero attached hydrogens (tertiary/aromatic N) is 6. The third-order valence-corrected chi connectivity index (χ3v) is 7.01. The van der Waals surface area contributed by atoms with Gasteiger partial charge in [0.1, 0.15) is 5.82 Å². The molecule has 0 saturated heterocycles. The van der Waals surface area contributed by atoms with Crippen molar-refractivity contribution in [1.29, 1.82) is 0 Å². The summed E-state index contributed by atoms with van der Waals surface area (Å²) >= 11 is 0. The number of hydrogen-bond acceptors (Lipinski definition) is 6. The second-order valence-electron chi connectivity index (χ2n) is 10.1. The molecule has 0 spiro atoms. The van der Waals surface area contributed by atoms with Crippen LogP contribution < -0.4 is 4.90 Å². The second kappa shape index (κ2) is 11.7. The minimum Gasteiger partial charge on any atom is -0.339 e. The Labute approximate surface area is 227 Å². The highest BCUT2D eigenvalue weighted by molar-refractivity contribution is 6.05. The van der Waals surface area contributed by atoms with E-state index in [1.54, 1.807) is 9.42 Å². The number of carbonyl (C=O) groups is 1. The van der Waals surface area contributed by atoms with Crippen LogP contribution in [0.25, 0.3) is 16.8 Å². The van der Waals surface area contributed by atoms with Crippen LogP contribution >= 0.6 is 0 Å². The van der Waals surface area contributed by atoms with Gasteiger partial charge in [0.2, 0.25) is 5.89 Å². The maximum atomic E-state index is 13.4. The minimum absolute atomic E-state index is 0.00339. The van der Waals surface area contributed by atoms with Crippen molar-refractivity contribution in [2.45, 2.75) is 51.4 Å². The smallest absolute Gasteiger partial charge is 0.253 e. The fourth-order valence-electron chi connectivity index (χ4n) is 4.65. The summed E-state index contributed by atoms with van der Waals surface area (Å²) in [6, 6.07) is 11.6. The largest absolute Gasteiger partial charge is 0.339 e. The van der Waals surface area contributed by atoms with Gasteiger partial charge >= 0.3 is 0 Å². The number of aryl methyl sites for hydroxylation is 2. The topological polar surface area (TPSA) is 89.4 Å². The van der Waals surface area contributed by atoms with Crippen LogP contribution in [0.15, 0.2) is 71.9 Å². The lowest BCUT2D eigenvalue weighted by molar-refractivity contribution is -0.115. The van der Waals surface area contributed by atoms with Gasteiger partial charge < -0.3 is 9.42 Å². The normalized spacial score (nSPS) is 13.9. The summed E-state index contributed by atoms with van der Waals surface area (Å²) in [7, 11) is 0. The van der Waals surface area contributed by atoms with Gasteiger partial charge in [-0.15, -0.1) is 6.58 Å². The number of carbonyl (C=O) groups excluding carboxylic acids is 1. The SMILES string of the molecule is C=CC(CCCc1nc(C2CC2)no1)CN(C(=O)C(=C)CCF)c1cccc(-c2ccc3nc(C)nn3c2)c1. The Morgan fingerprint density at radius 1 is 1.26 bits per heavy atom. The van der Waals surface area contributed by atoms with Crippen molar-refractivity contribution in [1.82, 2.24) is 24.7 Å². The zero-order chi connectivity index (χ0) is 27.4. The van der Waals surface area contributed by atoms with Gasteiger partial charge in [-0.2, -0.15) is 10.1 Å². The van der Waals surface area contributed by atoms with Gasteiger partial charge in [0.05, 0.1) is 6.67 Å². The lowest BCUT2D eigenvalue weighted by Gasteiger charge is -2.27. The fourth-order valence-corrected chi connectivity index (χ4v) is 4.65. The molecule has 0 aliphatic heterocycles. The standard InChI is InChI=1S/C30H33FN6O2/c1-4-22(7-5-10-28-33-29(35-39-28)23-11-12-23)18-36(30(38)20(2)15-16-31)26-9-6-8-24(17-26)25-13-14-27-32-21(3)34-37(27)19-25/h4,6,8-9,13-14,17,19,22-23H,1-2,5,7,10-12,15-16,18H2,3H3. The average Bonchev–Trinajstić information content (AvgIpc) is 3.56. The van der Waals surface area contributed by atoms with Crippen molar-refractivity contribution < 1.29 is 13.7 Å². The van der Waals surface area contributed by atoms with E-state index in [0.717, 1.165) is 48.3 Å². The summed E-state index contributed by atoms with van der Waals surface area (Å²) in [5.41, 5.74) is 3.59. The van der Waals surface area contributed by atoms with Gasteiger partial charge in [0.25, 0.3) is 5.91 Å². The summed E-state index contributed by atoms with van der Waals surface area (Å²) in [6.07, 6.45) is 8.31. The molecular weight excluding hydrogens is 495 g/mol. The van der Waals surface area contributed by atoms with E-state index in [2.05, 4.69) is 33.4 Å². The Morgan fingerprint density at radius 2 is 2.10 bits per heavy atom. The van der Waals surface area contributed by atoms with Gasteiger partial charge in [0.15, 0.2) is 11.5 Å². The first kappa shape index (κ1) is 26.5. The molecule has 1 fully saturated rings. The molecule has 8 nitrogen and oxygen atoms in total. The number of pyridine rings is 1. The number of hydrogen-bond donors (Lipinski definition) is 0. The number of fused-ring (bicyclic) bond motifs is 1. The summed E-state index contributed by atoms with van der Waals surface area (Å²) in [4.78, 5) is 24.0. The molecule has 0 N–H and O–H groups in total. The Hall–Kier alpha value is -4.14. The molecule has 0 bridgehead atoms. The number of aromatic nitrogens is 5. The lowest BCUT2D eigenvalue weighted by Crippen LogP contribution is -2.36. The molecule has 0 radical (unpaired) electrons. The van der Waals surface area contributed by atoms with E-state index < -0.39 is 6.67 Å². The van der Waals surface area contributed by atoms with Gasteiger partial charge in [-0.25, -0.2) is 9.50 Å². The molecule has 3 heterocycles. The molecule has 39 heavy (non-hydrogen) atoms. The van der Waals surface area contributed by atoms with Crippen molar-refractivity contribution in [3.8, 4) is 11.1 Å². The van der Waals surface area contributed by atoms with E-state index >= 15 is 0 Å². The molecule has 9 heteroatoms. The molecule has 1 aromatic carbocycles. The Balaban J connectivity index is 1.34. The summed E-state index contributed by atoms with van der Waals surface area (Å²) < 4.78 is 20.3. The number of amides is 1. The summed E-state index contributed by atoms with van der Waals surface area (Å²) in [5, 5.41) is 8.50. The Morgan fingerprint density at radius 3 is 2.87 bits per heavy atom. The van der Waals surface area contributed by atoms with Crippen LogP contribution in [0.5, 0.6) is 0 Å². The minimum atomic E-state index is -0.631. The molecule has 202 valence electrons. The van der Waals surface area contributed by atoms with Gasteiger partial charge in [-0.05, 0) is 68.4 Å². The molecule has 1 saturated carbocycles. The average molecular weight is 529 g/mol. The quantitative estimate of drug-likeness (QED) is 0.155. The van der Waals surface area contributed by atoms with Crippen molar-refractivity contribution in [2.75, 3.05) is 18.1 Å². The zero-order valence-corrected chi connectivity index (χ0v) is 22.2.